The molecule has 110 valence electrons. The van der Waals surface area contributed by atoms with Crippen LogP contribution in [0.15, 0.2) is 30.3 Å². The van der Waals surface area contributed by atoms with Crippen LogP contribution in [-0.2, 0) is 14.3 Å². The molecule has 5 atom stereocenters. The predicted molar refractivity (Wildman–Crippen MR) is 73.0 cm³/mol. The molecule has 1 aromatic rings. The molecule has 0 saturated carbocycles. The Morgan fingerprint density at radius 1 is 1.10 bits per heavy atom. The van der Waals surface area contributed by atoms with E-state index < -0.39 is 6.04 Å². The van der Waals surface area contributed by atoms with Crippen molar-refractivity contribution in [2.75, 3.05) is 6.61 Å². The van der Waals surface area contributed by atoms with E-state index in [1.807, 2.05) is 30.3 Å². The molecule has 3 aliphatic rings. The summed E-state index contributed by atoms with van der Waals surface area (Å²) in [6, 6.07) is 8.64. The normalized spacial score (nSPS) is 35.4. The number of likely N-dealkylation sites (tertiary alicyclic amines) is 1. The topological polar surface area (TPSA) is 66.8 Å². The number of amides is 2. The lowest BCUT2D eigenvalue weighted by molar-refractivity contribution is -0.146. The van der Waals surface area contributed by atoms with Gasteiger partial charge in [0.25, 0.3) is 0 Å². The molecule has 3 heterocycles. The summed E-state index contributed by atoms with van der Waals surface area (Å²) in [5, 5.41) is 9.71. The molecule has 21 heavy (non-hydrogen) atoms. The summed E-state index contributed by atoms with van der Waals surface area (Å²) >= 11 is 0. The van der Waals surface area contributed by atoms with Crippen molar-refractivity contribution in [3.8, 4) is 0 Å². The van der Waals surface area contributed by atoms with Gasteiger partial charge in [-0.2, -0.15) is 0 Å². The first-order valence-electron chi connectivity index (χ1n) is 7.40. The van der Waals surface area contributed by atoms with Crippen molar-refractivity contribution < 1.29 is 19.4 Å². The Balaban J connectivity index is 1.69. The fourth-order valence-corrected chi connectivity index (χ4v) is 4.05. The van der Waals surface area contributed by atoms with Crippen LogP contribution in [0.2, 0.25) is 0 Å². The van der Waals surface area contributed by atoms with Gasteiger partial charge >= 0.3 is 0 Å². The molecule has 0 unspecified atom stereocenters. The molecular formula is C16H17NO4. The second-order valence-corrected chi connectivity index (χ2v) is 6.00. The molecule has 3 aliphatic heterocycles. The number of carbonyl (C=O) groups is 2. The summed E-state index contributed by atoms with van der Waals surface area (Å²) in [6.07, 6.45) is 1.48. The van der Waals surface area contributed by atoms with Crippen LogP contribution in [0.25, 0.3) is 0 Å². The van der Waals surface area contributed by atoms with Crippen molar-refractivity contribution >= 4 is 11.8 Å². The lowest BCUT2D eigenvalue weighted by atomic mass is 9.81. The van der Waals surface area contributed by atoms with Crippen molar-refractivity contribution in [2.45, 2.75) is 31.1 Å². The van der Waals surface area contributed by atoms with Gasteiger partial charge in [-0.25, -0.2) is 0 Å². The van der Waals surface area contributed by atoms with E-state index in [4.69, 9.17) is 4.74 Å². The van der Waals surface area contributed by atoms with Crippen LogP contribution in [0.3, 0.4) is 0 Å². The quantitative estimate of drug-likeness (QED) is 0.838. The first-order chi connectivity index (χ1) is 10.2. The predicted octanol–water partition coefficient (Wildman–Crippen LogP) is 0.882. The number of aliphatic hydroxyl groups is 1. The van der Waals surface area contributed by atoms with Gasteiger partial charge in [0.1, 0.15) is 0 Å². The van der Waals surface area contributed by atoms with Crippen molar-refractivity contribution in [1.29, 1.82) is 0 Å². The van der Waals surface area contributed by atoms with E-state index >= 15 is 0 Å². The van der Waals surface area contributed by atoms with Gasteiger partial charge < -0.3 is 9.84 Å². The van der Waals surface area contributed by atoms with Gasteiger partial charge in [-0.05, 0) is 18.4 Å². The SMILES string of the molecule is O=C1[C@@H]2[C@H](C(=O)N1[C@H](CO)c1ccccc1)[C@H]1CC[C@@H]2O1. The van der Waals surface area contributed by atoms with Gasteiger partial charge in [0.2, 0.25) is 11.8 Å². The highest BCUT2D eigenvalue weighted by Gasteiger charge is 2.63. The average molecular weight is 287 g/mol. The van der Waals surface area contributed by atoms with Gasteiger partial charge in [0, 0.05) is 0 Å². The molecule has 2 bridgehead atoms. The molecule has 0 aromatic heterocycles. The van der Waals surface area contributed by atoms with Crippen LogP contribution >= 0.6 is 0 Å². The molecule has 0 radical (unpaired) electrons. The van der Waals surface area contributed by atoms with Gasteiger partial charge in [0.15, 0.2) is 0 Å². The standard InChI is InChI=1S/C16H17NO4/c18-8-10(9-4-2-1-3-5-9)17-15(19)13-11-6-7-12(21-11)14(13)16(17)20/h1-5,10-14,18H,6-8H2/t10-,11-,12+,13-,14+/m1/s1. The largest absolute Gasteiger partial charge is 0.394 e. The minimum Gasteiger partial charge on any atom is -0.394 e. The third-order valence-electron chi connectivity index (χ3n) is 4.99. The zero-order valence-electron chi connectivity index (χ0n) is 11.5. The minimum absolute atomic E-state index is 0.114. The number of ether oxygens (including phenoxy) is 1. The average Bonchev–Trinajstić information content (AvgIpc) is 3.18. The molecular weight excluding hydrogens is 270 g/mol. The summed E-state index contributed by atoms with van der Waals surface area (Å²) < 4.78 is 5.72. The van der Waals surface area contributed by atoms with E-state index in [9.17, 15) is 14.7 Å². The highest BCUT2D eigenvalue weighted by atomic mass is 16.5. The van der Waals surface area contributed by atoms with Gasteiger partial charge in [-0.15, -0.1) is 0 Å². The second kappa shape index (κ2) is 4.64. The monoisotopic (exact) mass is 287 g/mol. The van der Waals surface area contributed by atoms with E-state index in [1.165, 1.54) is 4.90 Å². The van der Waals surface area contributed by atoms with Crippen LogP contribution in [0.5, 0.6) is 0 Å². The number of rotatable bonds is 3. The summed E-state index contributed by atoms with van der Waals surface area (Å²) in [7, 11) is 0. The maximum atomic E-state index is 12.7. The number of hydrogen-bond donors (Lipinski definition) is 1. The minimum atomic E-state index is -0.587. The zero-order chi connectivity index (χ0) is 14.6. The number of imide groups is 1. The lowest BCUT2D eigenvalue weighted by Gasteiger charge is -2.26. The highest BCUT2D eigenvalue weighted by molar-refractivity contribution is 6.06. The Bertz CT molecular complexity index is 559. The third-order valence-corrected chi connectivity index (χ3v) is 4.99. The van der Waals surface area contributed by atoms with Crippen molar-refractivity contribution in [3.05, 3.63) is 35.9 Å². The molecule has 5 heteroatoms. The van der Waals surface area contributed by atoms with E-state index in [0.29, 0.717) is 0 Å². The summed E-state index contributed by atoms with van der Waals surface area (Å²) in [6.45, 7) is -0.253. The number of benzene rings is 1. The number of hydrogen-bond acceptors (Lipinski definition) is 4. The summed E-state index contributed by atoms with van der Waals surface area (Å²) in [5.41, 5.74) is 0.787. The maximum absolute atomic E-state index is 12.7. The fraction of sp³-hybridized carbons (Fsp3) is 0.500. The first kappa shape index (κ1) is 13.0. The molecule has 4 rings (SSSR count). The van der Waals surface area contributed by atoms with Crippen LogP contribution in [0, 0.1) is 11.8 Å². The van der Waals surface area contributed by atoms with Crippen molar-refractivity contribution in [1.82, 2.24) is 4.90 Å². The number of carbonyl (C=O) groups excluding carboxylic acids is 2. The molecule has 5 nitrogen and oxygen atoms in total. The second-order valence-electron chi connectivity index (χ2n) is 6.00. The van der Waals surface area contributed by atoms with Crippen molar-refractivity contribution in [3.63, 3.8) is 0 Å². The van der Waals surface area contributed by atoms with E-state index in [1.54, 1.807) is 0 Å². The van der Waals surface area contributed by atoms with Crippen LogP contribution in [-0.4, -0.2) is 40.6 Å². The fourth-order valence-electron chi connectivity index (χ4n) is 4.05. The zero-order valence-corrected chi connectivity index (χ0v) is 11.5. The summed E-state index contributed by atoms with van der Waals surface area (Å²) in [4.78, 5) is 26.6. The number of fused-ring (bicyclic) bond motifs is 5. The highest BCUT2D eigenvalue weighted by Crippen LogP contribution is 2.50. The summed E-state index contributed by atoms with van der Waals surface area (Å²) in [5.74, 6) is -1.04. The molecule has 1 N–H and O–H groups in total. The molecule has 3 saturated heterocycles. The van der Waals surface area contributed by atoms with E-state index in [0.717, 1.165) is 18.4 Å². The molecule has 0 aliphatic carbocycles. The molecule has 3 fully saturated rings. The van der Waals surface area contributed by atoms with Gasteiger partial charge in [0.05, 0.1) is 36.7 Å². The maximum Gasteiger partial charge on any atom is 0.236 e. The smallest absolute Gasteiger partial charge is 0.236 e. The van der Waals surface area contributed by atoms with Crippen molar-refractivity contribution in [2.24, 2.45) is 11.8 Å². The van der Waals surface area contributed by atoms with E-state index in [-0.39, 0.29) is 42.5 Å². The Hall–Kier alpha value is -1.72. The number of aliphatic hydroxyl groups excluding tert-OH is 1. The Labute approximate surface area is 122 Å². The van der Waals surface area contributed by atoms with Gasteiger partial charge in [-0.3, -0.25) is 14.5 Å². The first-order valence-corrected chi connectivity index (χ1v) is 7.40. The third kappa shape index (κ3) is 1.71. The Morgan fingerprint density at radius 2 is 1.67 bits per heavy atom. The molecule has 0 spiro atoms. The van der Waals surface area contributed by atoms with Gasteiger partial charge in [-0.1, -0.05) is 30.3 Å². The molecule has 2 amide bonds. The van der Waals surface area contributed by atoms with Crippen LogP contribution < -0.4 is 0 Å². The van der Waals surface area contributed by atoms with Crippen LogP contribution in [0.4, 0.5) is 0 Å². The molecule has 1 aromatic carbocycles. The van der Waals surface area contributed by atoms with Crippen LogP contribution in [0.1, 0.15) is 24.4 Å². The Morgan fingerprint density at radius 3 is 2.19 bits per heavy atom. The van der Waals surface area contributed by atoms with E-state index in [2.05, 4.69) is 0 Å². The number of nitrogens with zero attached hydrogens (tertiary/aromatic N) is 1. The lowest BCUT2D eigenvalue weighted by Crippen LogP contribution is -2.39. The Kier molecular flexibility index (Phi) is 2.87.